The molecule has 2 heterocycles. The second-order valence-corrected chi connectivity index (χ2v) is 12.2. The van der Waals surface area contributed by atoms with Crippen molar-refractivity contribution >= 4 is 34.5 Å². The Hall–Kier alpha value is -5.58. The molecule has 1 atom stereocenters. The highest BCUT2D eigenvalue weighted by Crippen LogP contribution is 2.31. The lowest BCUT2D eigenvalue weighted by Crippen LogP contribution is -2.31. The van der Waals surface area contributed by atoms with Crippen LogP contribution in [-0.4, -0.2) is 40.0 Å². The van der Waals surface area contributed by atoms with Gasteiger partial charge in [0.25, 0.3) is 0 Å². The summed E-state index contributed by atoms with van der Waals surface area (Å²) >= 11 is 0. The summed E-state index contributed by atoms with van der Waals surface area (Å²) in [4.78, 5) is 45.3. The zero-order valence-electron chi connectivity index (χ0n) is 26.2. The number of benzene rings is 3. The zero-order chi connectivity index (χ0) is 33.7. The molecule has 5 N–H and O–H groups in total. The number of amides is 3. The number of nitrogens with two attached hydrogens (primary N) is 1. The molecular formula is C36H35F2N5O4. The van der Waals surface area contributed by atoms with Gasteiger partial charge in [-0.05, 0) is 92.4 Å². The number of ether oxygens (including phenoxy) is 1. The molecule has 0 aliphatic rings. The SMILES string of the molecule is CC(C)(C)OC(=O)Nc1ccc2[nH]cc(CC(=O)NCC(Cc3cc(F)cc(F)c3)c3ncccc3-c3cccc(C(N)=O)c3)c2c1. The first kappa shape index (κ1) is 32.8. The number of halogens is 2. The Balaban J connectivity index is 1.38. The van der Waals surface area contributed by atoms with E-state index >= 15 is 0 Å². The predicted molar refractivity (Wildman–Crippen MR) is 176 cm³/mol. The molecule has 3 amide bonds. The fraction of sp³-hybridized carbons (Fsp3) is 0.222. The molecule has 2 aromatic heterocycles. The zero-order valence-corrected chi connectivity index (χ0v) is 26.2. The number of H-pyrrole nitrogens is 1. The van der Waals surface area contributed by atoms with E-state index in [1.165, 1.54) is 12.1 Å². The number of carbonyl (C=O) groups is 3. The van der Waals surface area contributed by atoms with Gasteiger partial charge in [-0.25, -0.2) is 13.6 Å². The summed E-state index contributed by atoms with van der Waals surface area (Å²) in [5.41, 5.74) is 9.51. The van der Waals surface area contributed by atoms with Gasteiger partial charge in [-0.2, -0.15) is 0 Å². The van der Waals surface area contributed by atoms with Gasteiger partial charge >= 0.3 is 6.09 Å². The number of primary amides is 1. The van der Waals surface area contributed by atoms with Gasteiger partial charge in [0.15, 0.2) is 0 Å². The Labute approximate surface area is 270 Å². The van der Waals surface area contributed by atoms with Gasteiger partial charge in [0.05, 0.1) is 12.1 Å². The number of pyridine rings is 1. The maximum absolute atomic E-state index is 14.2. The van der Waals surface area contributed by atoms with Gasteiger partial charge in [-0.15, -0.1) is 0 Å². The maximum Gasteiger partial charge on any atom is 0.412 e. The van der Waals surface area contributed by atoms with Crippen LogP contribution in [0.2, 0.25) is 0 Å². The molecule has 0 saturated heterocycles. The summed E-state index contributed by atoms with van der Waals surface area (Å²) in [6, 6.07) is 19.0. The average Bonchev–Trinajstić information content (AvgIpc) is 3.39. The molecule has 0 bridgehead atoms. The van der Waals surface area contributed by atoms with Crippen LogP contribution >= 0.6 is 0 Å². The Kier molecular flexibility index (Phi) is 9.64. The summed E-state index contributed by atoms with van der Waals surface area (Å²) in [6.07, 6.45) is 2.93. The second kappa shape index (κ2) is 13.8. The van der Waals surface area contributed by atoms with Crippen molar-refractivity contribution in [3.8, 4) is 11.1 Å². The summed E-state index contributed by atoms with van der Waals surface area (Å²) in [5.74, 6) is -2.79. The minimum Gasteiger partial charge on any atom is -0.444 e. The van der Waals surface area contributed by atoms with Crippen molar-refractivity contribution in [1.29, 1.82) is 0 Å². The van der Waals surface area contributed by atoms with E-state index in [1.807, 2.05) is 12.1 Å². The van der Waals surface area contributed by atoms with Crippen molar-refractivity contribution in [3.63, 3.8) is 0 Å². The van der Waals surface area contributed by atoms with Gasteiger partial charge in [-0.1, -0.05) is 18.2 Å². The third-order valence-corrected chi connectivity index (χ3v) is 7.40. The van der Waals surface area contributed by atoms with Gasteiger partial charge in [0.1, 0.15) is 17.2 Å². The lowest BCUT2D eigenvalue weighted by atomic mass is 9.89. The van der Waals surface area contributed by atoms with Crippen molar-refractivity contribution in [3.05, 3.63) is 119 Å². The van der Waals surface area contributed by atoms with E-state index in [9.17, 15) is 23.2 Å². The van der Waals surface area contributed by atoms with Gasteiger partial charge in [0, 0.05) is 58.6 Å². The van der Waals surface area contributed by atoms with Gasteiger partial charge < -0.3 is 20.8 Å². The molecule has 1 unspecified atom stereocenters. The monoisotopic (exact) mass is 639 g/mol. The number of rotatable bonds is 10. The fourth-order valence-corrected chi connectivity index (χ4v) is 5.40. The number of nitrogens with zero attached hydrogens (tertiary/aromatic N) is 1. The van der Waals surface area contributed by atoms with E-state index in [1.54, 1.807) is 75.6 Å². The number of carbonyl (C=O) groups excluding carboxylic acids is 3. The number of nitrogens with one attached hydrogen (secondary N) is 3. The van der Waals surface area contributed by atoms with Crippen molar-refractivity contribution in [2.24, 2.45) is 5.73 Å². The summed E-state index contributed by atoms with van der Waals surface area (Å²) in [6.45, 7) is 5.42. The molecule has 0 fully saturated rings. The van der Waals surface area contributed by atoms with Crippen LogP contribution in [0.3, 0.4) is 0 Å². The minimum atomic E-state index is -0.710. The first-order valence-electron chi connectivity index (χ1n) is 15.0. The number of anilines is 1. The third-order valence-electron chi connectivity index (χ3n) is 7.40. The lowest BCUT2D eigenvalue weighted by Gasteiger charge is -2.21. The van der Waals surface area contributed by atoms with Crippen LogP contribution in [-0.2, 0) is 22.4 Å². The summed E-state index contributed by atoms with van der Waals surface area (Å²) in [7, 11) is 0. The van der Waals surface area contributed by atoms with E-state index in [0.29, 0.717) is 39.2 Å². The quantitative estimate of drug-likeness (QED) is 0.136. The molecule has 5 rings (SSSR count). The first-order chi connectivity index (χ1) is 22.3. The standard InChI is InChI=1S/C36H35F2N5O4/c1-36(2,3)47-35(46)43-28-9-10-31-30(18-28)24(19-41-31)16-32(44)42-20-25(12-21-13-26(37)17-27(38)14-21)33-29(8-5-11-40-33)22-6-4-7-23(15-22)34(39)45/h4-11,13-15,17-19,25,41H,12,16,20H2,1-3H3,(H2,39,45)(H,42,44)(H,43,46). The number of hydrogen-bond donors (Lipinski definition) is 4. The van der Waals surface area contributed by atoms with E-state index in [2.05, 4.69) is 20.6 Å². The van der Waals surface area contributed by atoms with E-state index in [-0.39, 0.29) is 25.3 Å². The topological polar surface area (TPSA) is 139 Å². The van der Waals surface area contributed by atoms with Crippen LogP contribution in [0.4, 0.5) is 19.3 Å². The summed E-state index contributed by atoms with van der Waals surface area (Å²) in [5, 5.41) is 6.44. The first-order valence-corrected chi connectivity index (χ1v) is 15.0. The highest BCUT2D eigenvalue weighted by molar-refractivity contribution is 5.95. The minimum absolute atomic E-state index is 0.0208. The Bertz CT molecular complexity index is 1930. The van der Waals surface area contributed by atoms with Crippen LogP contribution in [0.15, 0.2) is 85.2 Å². The molecule has 11 heteroatoms. The highest BCUT2D eigenvalue weighted by atomic mass is 19.1. The van der Waals surface area contributed by atoms with Crippen molar-refractivity contribution in [2.45, 2.75) is 45.1 Å². The van der Waals surface area contributed by atoms with E-state index in [0.717, 1.165) is 17.0 Å². The van der Waals surface area contributed by atoms with Crippen molar-refractivity contribution in [1.82, 2.24) is 15.3 Å². The fourth-order valence-electron chi connectivity index (χ4n) is 5.40. The highest BCUT2D eigenvalue weighted by Gasteiger charge is 2.22. The third kappa shape index (κ3) is 8.57. The Morgan fingerprint density at radius 3 is 2.47 bits per heavy atom. The van der Waals surface area contributed by atoms with Gasteiger partial charge in [0.2, 0.25) is 11.8 Å². The van der Waals surface area contributed by atoms with Crippen molar-refractivity contribution < 1.29 is 27.9 Å². The number of hydrogen-bond acceptors (Lipinski definition) is 5. The van der Waals surface area contributed by atoms with E-state index < -0.39 is 35.2 Å². The lowest BCUT2D eigenvalue weighted by molar-refractivity contribution is -0.120. The number of aromatic amines is 1. The normalized spacial score (nSPS) is 12.0. The second-order valence-electron chi connectivity index (χ2n) is 12.2. The molecule has 3 aromatic carbocycles. The maximum atomic E-state index is 14.2. The van der Waals surface area contributed by atoms with Crippen molar-refractivity contribution in [2.75, 3.05) is 11.9 Å². The van der Waals surface area contributed by atoms with Gasteiger partial charge in [-0.3, -0.25) is 19.9 Å². The molecule has 0 radical (unpaired) electrons. The molecule has 5 aromatic rings. The molecule has 0 spiro atoms. The molecule has 0 aliphatic heterocycles. The van der Waals surface area contributed by atoms with Crippen LogP contribution in [0.1, 0.15) is 53.9 Å². The molecule has 0 saturated carbocycles. The van der Waals surface area contributed by atoms with Crippen LogP contribution < -0.4 is 16.4 Å². The largest absolute Gasteiger partial charge is 0.444 e. The predicted octanol–water partition coefficient (Wildman–Crippen LogP) is 6.64. The molecule has 47 heavy (non-hydrogen) atoms. The number of aromatic nitrogens is 2. The average molecular weight is 640 g/mol. The molecule has 0 aliphatic carbocycles. The number of fused-ring (bicyclic) bond motifs is 1. The smallest absolute Gasteiger partial charge is 0.412 e. The molecular weight excluding hydrogens is 604 g/mol. The Morgan fingerprint density at radius 2 is 1.74 bits per heavy atom. The van der Waals surface area contributed by atoms with E-state index in [4.69, 9.17) is 10.5 Å². The summed E-state index contributed by atoms with van der Waals surface area (Å²) < 4.78 is 33.7. The van der Waals surface area contributed by atoms with Crippen LogP contribution in [0, 0.1) is 11.6 Å². The molecule has 9 nitrogen and oxygen atoms in total. The van der Waals surface area contributed by atoms with Crippen LogP contribution in [0.25, 0.3) is 22.0 Å². The molecule has 242 valence electrons. The van der Waals surface area contributed by atoms with Crippen LogP contribution in [0.5, 0.6) is 0 Å². The Morgan fingerprint density at radius 1 is 0.979 bits per heavy atom.